The highest BCUT2D eigenvalue weighted by Gasteiger charge is 2.26. The summed E-state index contributed by atoms with van der Waals surface area (Å²) in [5.41, 5.74) is 1.95. The van der Waals surface area contributed by atoms with Gasteiger partial charge in [0.2, 0.25) is 5.78 Å². The third kappa shape index (κ3) is 1.78. The van der Waals surface area contributed by atoms with Gasteiger partial charge in [-0.2, -0.15) is 0 Å². The minimum absolute atomic E-state index is 0.191. The zero-order valence-electron chi connectivity index (χ0n) is 10.0. The van der Waals surface area contributed by atoms with Gasteiger partial charge in [0.15, 0.2) is 5.76 Å². The average Bonchev–Trinajstić information content (AvgIpc) is 2.98. The van der Waals surface area contributed by atoms with Crippen LogP contribution < -0.4 is 0 Å². The first-order valence-corrected chi connectivity index (χ1v) is 6.29. The van der Waals surface area contributed by atoms with Gasteiger partial charge in [-0.05, 0) is 31.4 Å². The molecular formula is C15H16O2. The molecule has 1 aliphatic rings. The third-order valence-corrected chi connectivity index (χ3v) is 3.71. The average molecular weight is 228 g/mol. The van der Waals surface area contributed by atoms with Gasteiger partial charge in [0.1, 0.15) is 5.58 Å². The van der Waals surface area contributed by atoms with E-state index in [-0.39, 0.29) is 11.7 Å². The summed E-state index contributed by atoms with van der Waals surface area (Å²) in [4.78, 5) is 12.2. The lowest BCUT2D eigenvalue weighted by atomic mass is 10.0. The summed E-state index contributed by atoms with van der Waals surface area (Å²) < 4.78 is 5.72. The number of carbonyl (C=O) groups is 1. The molecule has 0 unspecified atom stereocenters. The Morgan fingerprint density at radius 3 is 2.76 bits per heavy atom. The second kappa shape index (κ2) is 4.02. The summed E-state index contributed by atoms with van der Waals surface area (Å²) in [6.45, 7) is 2.01. The molecule has 2 aromatic rings. The van der Waals surface area contributed by atoms with Gasteiger partial charge in [-0.15, -0.1) is 0 Å². The minimum atomic E-state index is 0.191. The normalized spacial score (nSPS) is 16.8. The second-order valence-corrected chi connectivity index (χ2v) is 4.95. The summed E-state index contributed by atoms with van der Waals surface area (Å²) in [7, 11) is 0. The molecule has 88 valence electrons. The van der Waals surface area contributed by atoms with Crippen molar-refractivity contribution in [3.05, 3.63) is 35.6 Å². The van der Waals surface area contributed by atoms with Crippen molar-refractivity contribution in [3.8, 4) is 0 Å². The van der Waals surface area contributed by atoms with Crippen LogP contribution >= 0.6 is 0 Å². The molecule has 17 heavy (non-hydrogen) atoms. The second-order valence-electron chi connectivity index (χ2n) is 4.95. The fraction of sp³-hybridized carbons (Fsp3) is 0.400. The number of ketones is 1. The fourth-order valence-electron chi connectivity index (χ4n) is 2.72. The van der Waals surface area contributed by atoms with Crippen molar-refractivity contribution < 1.29 is 9.21 Å². The number of hydrogen-bond acceptors (Lipinski definition) is 2. The molecule has 0 atom stereocenters. The Kier molecular flexibility index (Phi) is 2.50. The van der Waals surface area contributed by atoms with Gasteiger partial charge in [-0.1, -0.05) is 31.0 Å². The molecule has 0 bridgehead atoms. The van der Waals surface area contributed by atoms with Crippen molar-refractivity contribution in [1.29, 1.82) is 0 Å². The van der Waals surface area contributed by atoms with Crippen molar-refractivity contribution in [3.63, 3.8) is 0 Å². The van der Waals surface area contributed by atoms with Crippen molar-refractivity contribution in [1.82, 2.24) is 0 Å². The lowest BCUT2D eigenvalue weighted by Gasteiger charge is -2.03. The quantitative estimate of drug-likeness (QED) is 0.724. The van der Waals surface area contributed by atoms with E-state index >= 15 is 0 Å². The van der Waals surface area contributed by atoms with Gasteiger partial charge >= 0.3 is 0 Å². The van der Waals surface area contributed by atoms with Crippen LogP contribution in [0.15, 0.2) is 28.7 Å². The summed E-state index contributed by atoms with van der Waals surface area (Å²) in [5, 5.41) is 1.03. The van der Waals surface area contributed by atoms with Crippen LogP contribution in [0, 0.1) is 12.8 Å². The molecule has 0 N–H and O–H groups in total. The van der Waals surface area contributed by atoms with E-state index in [2.05, 4.69) is 0 Å². The molecule has 1 fully saturated rings. The number of carbonyl (C=O) groups excluding carboxylic acids is 1. The molecule has 0 saturated heterocycles. The lowest BCUT2D eigenvalue weighted by Crippen LogP contribution is -2.09. The van der Waals surface area contributed by atoms with Gasteiger partial charge in [0.25, 0.3) is 0 Å². The van der Waals surface area contributed by atoms with Crippen molar-refractivity contribution in [2.75, 3.05) is 0 Å². The lowest BCUT2D eigenvalue weighted by molar-refractivity contribution is 0.0896. The monoisotopic (exact) mass is 228 g/mol. The zero-order chi connectivity index (χ0) is 11.8. The number of rotatable bonds is 2. The van der Waals surface area contributed by atoms with Crippen molar-refractivity contribution in [2.45, 2.75) is 32.6 Å². The Morgan fingerprint density at radius 2 is 2.06 bits per heavy atom. The molecule has 2 heteroatoms. The minimum Gasteiger partial charge on any atom is -0.453 e. The molecule has 0 amide bonds. The largest absolute Gasteiger partial charge is 0.453 e. The van der Waals surface area contributed by atoms with Crippen molar-refractivity contribution in [2.24, 2.45) is 5.92 Å². The number of furan rings is 1. The number of hydrogen-bond donors (Lipinski definition) is 0. The maximum absolute atomic E-state index is 12.2. The van der Waals surface area contributed by atoms with Gasteiger partial charge < -0.3 is 4.42 Å². The van der Waals surface area contributed by atoms with Gasteiger partial charge in [0.05, 0.1) is 0 Å². The van der Waals surface area contributed by atoms with E-state index in [1.807, 2.05) is 31.2 Å². The van der Waals surface area contributed by atoms with Crippen LogP contribution in [0.5, 0.6) is 0 Å². The molecular weight excluding hydrogens is 212 g/mol. The van der Waals surface area contributed by atoms with E-state index in [9.17, 15) is 4.79 Å². The third-order valence-electron chi connectivity index (χ3n) is 3.71. The van der Waals surface area contributed by atoms with E-state index in [1.165, 1.54) is 12.8 Å². The SMILES string of the molecule is Cc1cccc2cc(C(=O)C3CCCC3)oc12. The summed E-state index contributed by atoms with van der Waals surface area (Å²) >= 11 is 0. The summed E-state index contributed by atoms with van der Waals surface area (Å²) in [6.07, 6.45) is 4.40. The molecule has 0 radical (unpaired) electrons. The van der Waals surface area contributed by atoms with E-state index in [1.54, 1.807) is 0 Å². The first-order chi connectivity index (χ1) is 8.25. The predicted octanol–water partition coefficient (Wildman–Crippen LogP) is 4.11. The van der Waals surface area contributed by atoms with Crippen LogP contribution in [-0.2, 0) is 0 Å². The van der Waals surface area contributed by atoms with Crippen LogP contribution in [0.2, 0.25) is 0 Å². The molecule has 1 aromatic heterocycles. The zero-order valence-corrected chi connectivity index (χ0v) is 10.0. The number of benzene rings is 1. The van der Waals surface area contributed by atoms with Crippen LogP contribution in [0.1, 0.15) is 41.8 Å². The smallest absolute Gasteiger partial charge is 0.201 e. The van der Waals surface area contributed by atoms with Gasteiger partial charge in [0, 0.05) is 11.3 Å². The van der Waals surface area contributed by atoms with E-state index in [4.69, 9.17) is 4.42 Å². The maximum atomic E-state index is 12.2. The van der Waals surface area contributed by atoms with Crippen LogP contribution in [-0.4, -0.2) is 5.78 Å². The highest BCUT2D eigenvalue weighted by atomic mass is 16.3. The molecule has 1 aromatic carbocycles. The molecule has 1 heterocycles. The topological polar surface area (TPSA) is 30.2 Å². The molecule has 1 aliphatic carbocycles. The van der Waals surface area contributed by atoms with E-state index < -0.39 is 0 Å². The van der Waals surface area contributed by atoms with Crippen LogP contribution in [0.3, 0.4) is 0 Å². The van der Waals surface area contributed by atoms with Gasteiger partial charge in [-0.25, -0.2) is 0 Å². The fourth-order valence-corrected chi connectivity index (χ4v) is 2.72. The number of Topliss-reactive ketones (excluding diaryl/α,β-unsaturated/α-hetero) is 1. The highest BCUT2D eigenvalue weighted by molar-refractivity contribution is 5.99. The molecule has 1 saturated carbocycles. The number of aryl methyl sites for hydroxylation is 1. The Bertz CT molecular complexity index is 559. The summed E-state index contributed by atoms with van der Waals surface area (Å²) in [5.74, 6) is 0.926. The van der Waals surface area contributed by atoms with E-state index in [0.29, 0.717) is 5.76 Å². The molecule has 0 aliphatic heterocycles. The molecule has 2 nitrogen and oxygen atoms in total. The molecule has 3 rings (SSSR count). The summed E-state index contributed by atoms with van der Waals surface area (Å²) in [6, 6.07) is 7.90. The Balaban J connectivity index is 2.00. The Labute approximate surface area is 101 Å². The first kappa shape index (κ1) is 10.6. The predicted molar refractivity (Wildman–Crippen MR) is 67.2 cm³/mol. The number of para-hydroxylation sites is 1. The van der Waals surface area contributed by atoms with Gasteiger partial charge in [-0.3, -0.25) is 4.79 Å². The maximum Gasteiger partial charge on any atom is 0.201 e. The van der Waals surface area contributed by atoms with Crippen molar-refractivity contribution >= 4 is 16.8 Å². The molecule has 0 spiro atoms. The highest BCUT2D eigenvalue weighted by Crippen LogP contribution is 2.30. The standard InChI is InChI=1S/C15H16O2/c1-10-5-4-8-12-9-13(17-15(10)12)14(16)11-6-2-3-7-11/h4-5,8-9,11H,2-3,6-7H2,1H3. The van der Waals surface area contributed by atoms with E-state index in [0.717, 1.165) is 29.4 Å². The number of fused-ring (bicyclic) bond motifs is 1. The Morgan fingerprint density at radius 1 is 1.29 bits per heavy atom. The first-order valence-electron chi connectivity index (χ1n) is 6.29. The van der Waals surface area contributed by atoms with Crippen LogP contribution in [0.4, 0.5) is 0 Å². The van der Waals surface area contributed by atoms with Crippen LogP contribution in [0.25, 0.3) is 11.0 Å². The Hall–Kier alpha value is -1.57.